The summed E-state index contributed by atoms with van der Waals surface area (Å²) >= 11 is 1.81. The van der Waals surface area contributed by atoms with Crippen LogP contribution in [0, 0.1) is 17.6 Å². The fourth-order valence-corrected chi connectivity index (χ4v) is 3.26. The maximum Gasteiger partial charge on any atom is 0.129 e. The van der Waals surface area contributed by atoms with E-state index in [1.807, 2.05) is 11.8 Å². The summed E-state index contributed by atoms with van der Waals surface area (Å²) in [5, 5.41) is 9.92. The predicted octanol–water partition coefficient (Wildman–Crippen LogP) is 2.62. The van der Waals surface area contributed by atoms with E-state index in [4.69, 9.17) is 0 Å². The Kier molecular flexibility index (Phi) is 3.82. The third-order valence-corrected chi connectivity index (χ3v) is 4.14. The number of hydrogen-bond donors (Lipinski definition) is 1. The highest BCUT2D eigenvalue weighted by molar-refractivity contribution is 7.99. The average molecular weight is 244 g/mol. The summed E-state index contributed by atoms with van der Waals surface area (Å²) in [5.74, 6) is 1.10. The molecule has 1 fully saturated rings. The van der Waals surface area contributed by atoms with E-state index >= 15 is 0 Å². The van der Waals surface area contributed by atoms with Crippen molar-refractivity contribution in [1.82, 2.24) is 0 Å². The van der Waals surface area contributed by atoms with Crippen LogP contribution in [0.1, 0.15) is 12.0 Å². The number of halogens is 2. The van der Waals surface area contributed by atoms with Crippen LogP contribution < -0.4 is 0 Å². The minimum atomic E-state index is -0.577. The van der Waals surface area contributed by atoms with Crippen LogP contribution in [0.15, 0.2) is 18.2 Å². The van der Waals surface area contributed by atoms with Gasteiger partial charge in [0, 0.05) is 12.5 Å². The summed E-state index contributed by atoms with van der Waals surface area (Å²) in [4.78, 5) is 0. The lowest BCUT2D eigenvalue weighted by Gasteiger charge is -2.17. The van der Waals surface area contributed by atoms with Gasteiger partial charge in [-0.15, -0.1) is 0 Å². The van der Waals surface area contributed by atoms with Crippen molar-refractivity contribution in [3.63, 3.8) is 0 Å². The number of hydrogen-bond acceptors (Lipinski definition) is 2. The molecule has 88 valence electrons. The normalized spacial score (nSPS) is 22.3. The summed E-state index contributed by atoms with van der Waals surface area (Å²) < 4.78 is 26.0. The summed E-state index contributed by atoms with van der Waals surface area (Å²) in [6.45, 7) is 0. The molecule has 0 aromatic heterocycles. The molecule has 1 aliphatic rings. The number of rotatable bonds is 3. The van der Waals surface area contributed by atoms with Crippen molar-refractivity contribution in [2.75, 3.05) is 11.5 Å². The van der Waals surface area contributed by atoms with Gasteiger partial charge in [0.1, 0.15) is 11.6 Å². The topological polar surface area (TPSA) is 20.2 Å². The lowest BCUT2D eigenvalue weighted by atomic mass is 9.95. The van der Waals surface area contributed by atoms with Crippen LogP contribution >= 0.6 is 11.8 Å². The molecule has 1 heterocycles. The van der Waals surface area contributed by atoms with Crippen LogP contribution in [-0.2, 0) is 6.42 Å². The lowest BCUT2D eigenvalue weighted by Crippen LogP contribution is -2.23. The number of aliphatic hydroxyl groups excluding tert-OH is 1. The molecule has 0 saturated carbocycles. The van der Waals surface area contributed by atoms with Gasteiger partial charge in [0.05, 0.1) is 6.10 Å². The molecule has 2 atom stereocenters. The molecular weight excluding hydrogens is 230 g/mol. The van der Waals surface area contributed by atoms with E-state index in [9.17, 15) is 13.9 Å². The van der Waals surface area contributed by atoms with Crippen molar-refractivity contribution >= 4 is 11.8 Å². The van der Waals surface area contributed by atoms with Gasteiger partial charge in [0.25, 0.3) is 0 Å². The first-order valence-electron chi connectivity index (χ1n) is 5.36. The summed E-state index contributed by atoms with van der Waals surface area (Å²) in [6.07, 6.45) is 0.737. The minimum absolute atomic E-state index is 0.245. The molecule has 1 aromatic carbocycles. The third-order valence-electron chi connectivity index (χ3n) is 2.95. The zero-order chi connectivity index (χ0) is 11.5. The Hall–Kier alpha value is -0.610. The van der Waals surface area contributed by atoms with Gasteiger partial charge >= 0.3 is 0 Å². The van der Waals surface area contributed by atoms with Crippen molar-refractivity contribution in [2.45, 2.75) is 18.9 Å². The quantitative estimate of drug-likeness (QED) is 0.882. The van der Waals surface area contributed by atoms with Crippen LogP contribution in [0.4, 0.5) is 8.78 Å². The van der Waals surface area contributed by atoms with Gasteiger partial charge in [-0.05, 0) is 35.5 Å². The monoisotopic (exact) mass is 244 g/mol. The fraction of sp³-hybridized carbons (Fsp3) is 0.500. The van der Waals surface area contributed by atoms with Crippen LogP contribution in [0.2, 0.25) is 0 Å². The van der Waals surface area contributed by atoms with Gasteiger partial charge in [-0.3, -0.25) is 0 Å². The van der Waals surface area contributed by atoms with E-state index in [2.05, 4.69) is 0 Å². The van der Waals surface area contributed by atoms with Crippen LogP contribution in [0.25, 0.3) is 0 Å². The van der Waals surface area contributed by atoms with Crippen LogP contribution in [-0.4, -0.2) is 22.7 Å². The van der Waals surface area contributed by atoms with Gasteiger partial charge in [0.2, 0.25) is 0 Å². The molecule has 0 aliphatic carbocycles. The van der Waals surface area contributed by atoms with Crippen LogP contribution in [0.5, 0.6) is 0 Å². The molecule has 0 spiro atoms. The Morgan fingerprint density at radius 2 is 2.25 bits per heavy atom. The Labute approximate surface area is 97.9 Å². The number of benzene rings is 1. The van der Waals surface area contributed by atoms with E-state index in [1.54, 1.807) is 0 Å². The Bertz CT molecular complexity index is 364. The number of aliphatic hydroxyl groups is 1. The smallest absolute Gasteiger partial charge is 0.129 e. The Morgan fingerprint density at radius 3 is 2.88 bits per heavy atom. The van der Waals surface area contributed by atoms with E-state index in [1.165, 1.54) is 12.1 Å². The average Bonchev–Trinajstić information content (AvgIpc) is 2.75. The second-order valence-electron chi connectivity index (χ2n) is 4.13. The molecule has 16 heavy (non-hydrogen) atoms. The molecule has 1 N–H and O–H groups in total. The Balaban J connectivity index is 2.02. The predicted molar refractivity (Wildman–Crippen MR) is 61.5 cm³/mol. The zero-order valence-corrected chi connectivity index (χ0v) is 9.64. The summed E-state index contributed by atoms with van der Waals surface area (Å²) in [5.41, 5.74) is 0.394. The molecular formula is C12H14F2OS. The largest absolute Gasteiger partial charge is 0.392 e. The van der Waals surface area contributed by atoms with Crippen molar-refractivity contribution in [2.24, 2.45) is 5.92 Å². The molecule has 1 aliphatic heterocycles. The lowest BCUT2D eigenvalue weighted by molar-refractivity contribution is 0.119. The van der Waals surface area contributed by atoms with Crippen molar-refractivity contribution in [3.8, 4) is 0 Å². The van der Waals surface area contributed by atoms with Gasteiger partial charge in [-0.25, -0.2) is 8.78 Å². The van der Waals surface area contributed by atoms with Crippen molar-refractivity contribution < 1.29 is 13.9 Å². The fourth-order valence-electron chi connectivity index (χ4n) is 1.94. The standard InChI is InChI=1S/C12H14F2OS/c13-10-2-1-8(11(14)6-10)5-12(15)9-3-4-16-7-9/h1-2,6,9,12,15H,3-5,7H2. The molecule has 1 aromatic rings. The number of thioether (sulfide) groups is 1. The Morgan fingerprint density at radius 1 is 1.44 bits per heavy atom. The first kappa shape index (κ1) is 11.9. The SMILES string of the molecule is OC(Cc1ccc(F)cc1F)C1CCSC1. The molecule has 2 unspecified atom stereocenters. The molecule has 0 bridgehead atoms. The molecule has 4 heteroatoms. The van der Waals surface area contributed by atoms with E-state index < -0.39 is 17.7 Å². The third kappa shape index (κ3) is 2.74. The highest BCUT2D eigenvalue weighted by atomic mass is 32.2. The highest BCUT2D eigenvalue weighted by Crippen LogP contribution is 2.28. The van der Waals surface area contributed by atoms with Gasteiger partial charge in [-0.1, -0.05) is 6.07 Å². The zero-order valence-electron chi connectivity index (χ0n) is 8.83. The minimum Gasteiger partial charge on any atom is -0.392 e. The van der Waals surface area contributed by atoms with Gasteiger partial charge in [0.15, 0.2) is 0 Å². The van der Waals surface area contributed by atoms with Crippen LogP contribution in [0.3, 0.4) is 0 Å². The van der Waals surface area contributed by atoms with E-state index in [-0.39, 0.29) is 12.3 Å². The molecule has 2 rings (SSSR count). The second kappa shape index (κ2) is 5.15. The summed E-state index contributed by atoms with van der Waals surface area (Å²) in [7, 11) is 0. The highest BCUT2D eigenvalue weighted by Gasteiger charge is 2.24. The van der Waals surface area contributed by atoms with Gasteiger partial charge in [-0.2, -0.15) is 11.8 Å². The molecule has 1 saturated heterocycles. The van der Waals surface area contributed by atoms with Crippen molar-refractivity contribution in [1.29, 1.82) is 0 Å². The van der Waals surface area contributed by atoms with E-state index in [0.29, 0.717) is 5.56 Å². The molecule has 0 radical (unpaired) electrons. The first-order valence-corrected chi connectivity index (χ1v) is 6.52. The van der Waals surface area contributed by atoms with Gasteiger partial charge < -0.3 is 5.11 Å². The van der Waals surface area contributed by atoms with E-state index in [0.717, 1.165) is 24.0 Å². The van der Waals surface area contributed by atoms with Crippen molar-refractivity contribution in [3.05, 3.63) is 35.4 Å². The summed E-state index contributed by atoms with van der Waals surface area (Å²) in [6, 6.07) is 3.51. The maximum absolute atomic E-state index is 13.3. The maximum atomic E-state index is 13.3. The molecule has 0 amide bonds. The first-order chi connectivity index (χ1) is 7.66. The second-order valence-corrected chi connectivity index (χ2v) is 5.28. The molecule has 1 nitrogen and oxygen atoms in total.